The summed E-state index contributed by atoms with van der Waals surface area (Å²) in [7, 11) is 1.44. The van der Waals surface area contributed by atoms with Gasteiger partial charge in [0.05, 0.1) is 7.11 Å². The molecule has 1 fully saturated rings. The van der Waals surface area contributed by atoms with Gasteiger partial charge in [-0.25, -0.2) is 0 Å². The van der Waals surface area contributed by atoms with Gasteiger partial charge in [0.15, 0.2) is 5.96 Å². The van der Waals surface area contributed by atoms with Gasteiger partial charge >= 0.3 is 5.97 Å². The van der Waals surface area contributed by atoms with E-state index in [2.05, 4.69) is 21.6 Å². The van der Waals surface area contributed by atoms with Gasteiger partial charge in [0, 0.05) is 26.1 Å². The summed E-state index contributed by atoms with van der Waals surface area (Å²) < 4.78 is 4.61. The fourth-order valence-corrected chi connectivity index (χ4v) is 2.70. The van der Waals surface area contributed by atoms with Gasteiger partial charge in [0.25, 0.3) is 0 Å². The fraction of sp³-hybridized carbons (Fsp3) is 0.875. The van der Waals surface area contributed by atoms with Crippen LogP contribution >= 0.6 is 0 Å². The summed E-state index contributed by atoms with van der Waals surface area (Å²) in [6, 6.07) is 0. The molecule has 0 bridgehead atoms. The second-order valence-corrected chi connectivity index (χ2v) is 6.03. The Balaban J connectivity index is 2.02. The zero-order valence-corrected chi connectivity index (χ0v) is 13.6. The second-order valence-electron chi connectivity index (χ2n) is 6.03. The first kappa shape index (κ1) is 17.8. The Morgan fingerprint density at radius 3 is 2.71 bits per heavy atom. The Bertz CT molecular complexity index is 331. The van der Waals surface area contributed by atoms with E-state index in [9.17, 15) is 4.79 Å². The lowest BCUT2D eigenvalue weighted by atomic mass is 10.0. The van der Waals surface area contributed by atoms with Crippen LogP contribution < -0.4 is 5.73 Å². The van der Waals surface area contributed by atoms with E-state index in [4.69, 9.17) is 5.73 Å². The zero-order valence-electron chi connectivity index (χ0n) is 13.6. The number of aliphatic imine (C=N–C) groups is 1. The Labute approximate surface area is 128 Å². The number of methoxy groups -OCH3 is 1. The van der Waals surface area contributed by atoms with E-state index in [1.165, 1.54) is 20.0 Å². The number of carbonyl (C=O) groups is 1. The molecule has 1 saturated heterocycles. The molecule has 1 unspecified atom stereocenters. The second kappa shape index (κ2) is 10.5. The molecular weight excluding hydrogens is 266 g/mol. The highest BCUT2D eigenvalue weighted by atomic mass is 16.5. The van der Waals surface area contributed by atoms with E-state index >= 15 is 0 Å². The molecule has 1 atom stereocenters. The van der Waals surface area contributed by atoms with E-state index in [1.54, 1.807) is 0 Å². The van der Waals surface area contributed by atoms with Crippen LogP contribution in [-0.2, 0) is 9.53 Å². The third-order valence-electron chi connectivity index (χ3n) is 4.02. The zero-order chi connectivity index (χ0) is 15.5. The molecule has 0 radical (unpaired) electrons. The molecule has 0 saturated carbocycles. The average molecular weight is 297 g/mol. The van der Waals surface area contributed by atoms with Gasteiger partial charge < -0.3 is 15.4 Å². The van der Waals surface area contributed by atoms with Gasteiger partial charge in [-0.1, -0.05) is 26.2 Å². The maximum Gasteiger partial charge on any atom is 0.305 e. The molecule has 1 heterocycles. The van der Waals surface area contributed by atoms with E-state index in [0.29, 0.717) is 12.4 Å². The van der Waals surface area contributed by atoms with Gasteiger partial charge in [0.1, 0.15) is 0 Å². The van der Waals surface area contributed by atoms with Crippen molar-refractivity contribution in [2.75, 3.05) is 26.7 Å². The number of nitrogens with zero attached hydrogens (tertiary/aromatic N) is 2. The van der Waals surface area contributed by atoms with Crippen molar-refractivity contribution < 1.29 is 9.53 Å². The molecule has 0 aromatic rings. The number of rotatable bonds is 8. The Kier molecular flexibility index (Phi) is 8.87. The van der Waals surface area contributed by atoms with E-state index < -0.39 is 0 Å². The number of hydrogen-bond acceptors (Lipinski definition) is 3. The largest absolute Gasteiger partial charge is 0.469 e. The molecule has 0 aromatic carbocycles. The van der Waals surface area contributed by atoms with E-state index in [-0.39, 0.29) is 5.97 Å². The summed E-state index contributed by atoms with van der Waals surface area (Å²) in [5, 5.41) is 0. The highest BCUT2D eigenvalue weighted by molar-refractivity contribution is 5.78. The minimum atomic E-state index is -0.108. The number of guanidine groups is 1. The summed E-state index contributed by atoms with van der Waals surface area (Å²) in [5.41, 5.74) is 6.05. The number of esters is 1. The highest BCUT2D eigenvalue weighted by Gasteiger charge is 2.17. The van der Waals surface area contributed by atoms with Crippen LogP contribution in [0.1, 0.15) is 58.3 Å². The molecule has 1 rings (SSSR count). The van der Waals surface area contributed by atoms with E-state index in [1.807, 2.05) is 0 Å². The van der Waals surface area contributed by atoms with Crippen molar-refractivity contribution in [3.8, 4) is 0 Å². The molecule has 2 N–H and O–H groups in total. The number of hydrogen-bond donors (Lipinski definition) is 1. The quantitative estimate of drug-likeness (QED) is 0.323. The number of likely N-dealkylation sites (tertiary alicyclic amines) is 1. The third kappa shape index (κ3) is 7.93. The molecule has 21 heavy (non-hydrogen) atoms. The first-order chi connectivity index (χ1) is 10.1. The van der Waals surface area contributed by atoms with Gasteiger partial charge in [-0.05, 0) is 31.6 Å². The monoisotopic (exact) mass is 297 g/mol. The Morgan fingerprint density at radius 2 is 2.00 bits per heavy atom. The molecule has 0 aromatic heterocycles. The molecule has 5 heteroatoms. The van der Waals surface area contributed by atoms with Crippen molar-refractivity contribution in [3.05, 3.63) is 0 Å². The topological polar surface area (TPSA) is 67.9 Å². The van der Waals surface area contributed by atoms with Crippen LogP contribution in [0.15, 0.2) is 4.99 Å². The van der Waals surface area contributed by atoms with Crippen LogP contribution in [0.4, 0.5) is 0 Å². The predicted molar refractivity (Wildman–Crippen MR) is 86.2 cm³/mol. The van der Waals surface area contributed by atoms with Crippen LogP contribution in [-0.4, -0.2) is 43.6 Å². The van der Waals surface area contributed by atoms with Crippen molar-refractivity contribution in [2.24, 2.45) is 16.6 Å². The SMILES string of the molecule is COC(=O)CCCCCCCN=C(N)N1CCCC(C)C1. The van der Waals surface area contributed by atoms with Crippen LogP contribution in [0, 0.1) is 5.92 Å². The predicted octanol–water partition coefficient (Wildman–Crippen LogP) is 2.55. The van der Waals surface area contributed by atoms with E-state index in [0.717, 1.165) is 57.7 Å². The van der Waals surface area contributed by atoms with Crippen molar-refractivity contribution in [2.45, 2.75) is 58.3 Å². The maximum absolute atomic E-state index is 10.9. The number of unbranched alkanes of at least 4 members (excludes halogenated alkanes) is 4. The highest BCUT2D eigenvalue weighted by Crippen LogP contribution is 2.15. The standard InChI is InChI=1S/C16H31N3O2/c1-14-9-8-12-19(13-14)16(17)18-11-7-5-3-4-6-10-15(20)21-2/h14H,3-13H2,1-2H3,(H2,17,18). The third-order valence-corrected chi connectivity index (χ3v) is 4.02. The molecule has 5 nitrogen and oxygen atoms in total. The first-order valence-corrected chi connectivity index (χ1v) is 8.25. The van der Waals surface area contributed by atoms with Crippen molar-refractivity contribution in [3.63, 3.8) is 0 Å². The summed E-state index contributed by atoms with van der Waals surface area (Å²) in [4.78, 5) is 17.6. The van der Waals surface area contributed by atoms with Gasteiger partial charge in [-0.3, -0.25) is 9.79 Å². The van der Waals surface area contributed by atoms with Crippen LogP contribution in [0.3, 0.4) is 0 Å². The lowest BCUT2D eigenvalue weighted by Gasteiger charge is -2.31. The van der Waals surface area contributed by atoms with Crippen LogP contribution in [0.25, 0.3) is 0 Å². The summed E-state index contributed by atoms with van der Waals surface area (Å²) in [5.74, 6) is 1.33. The average Bonchev–Trinajstić information content (AvgIpc) is 2.49. The molecule has 122 valence electrons. The molecule has 0 aliphatic carbocycles. The van der Waals surface area contributed by atoms with Crippen molar-refractivity contribution in [1.82, 2.24) is 4.90 Å². The lowest BCUT2D eigenvalue weighted by Crippen LogP contribution is -2.43. The molecule has 0 spiro atoms. The number of piperidine rings is 1. The first-order valence-electron chi connectivity index (χ1n) is 8.25. The van der Waals surface area contributed by atoms with Crippen LogP contribution in [0.2, 0.25) is 0 Å². The molecule has 1 aliphatic heterocycles. The summed E-state index contributed by atoms with van der Waals surface area (Å²) in [6.45, 7) is 5.18. The Hall–Kier alpha value is -1.26. The number of carbonyl (C=O) groups excluding carboxylic acids is 1. The van der Waals surface area contributed by atoms with Crippen LogP contribution in [0.5, 0.6) is 0 Å². The molecule has 0 amide bonds. The minimum absolute atomic E-state index is 0.108. The fourth-order valence-electron chi connectivity index (χ4n) is 2.70. The smallest absolute Gasteiger partial charge is 0.305 e. The summed E-state index contributed by atoms with van der Waals surface area (Å²) in [6.07, 6.45) is 8.42. The molecular formula is C16H31N3O2. The number of nitrogens with two attached hydrogens (primary N) is 1. The summed E-state index contributed by atoms with van der Waals surface area (Å²) >= 11 is 0. The Morgan fingerprint density at radius 1 is 1.29 bits per heavy atom. The van der Waals surface area contributed by atoms with Gasteiger partial charge in [-0.15, -0.1) is 0 Å². The molecule has 1 aliphatic rings. The van der Waals surface area contributed by atoms with Crippen molar-refractivity contribution in [1.29, 1.82) is 0 Å². The minimum Gasteiger partial charge on any atom is -0.469 e. The number of ether oxygens (including phenoxy) is 1. The van der Waals surface area contributed by atoms with Gasteiger partial charge in [-0.2, -0.15) is 0 Å². The maximum atomic E-state index is 10.9. The van der Waals surface area contributed by atoms with Crippen molar-refractivity contribution >= 4 is 11.9 Å². The normalized spacial score (nSPS) is 19.6. The van der Waals surface area contributed by atoms with Gasteiger partial charge in [0.2, 0.25) is 0 Å². The lowest BCUT2D eigenvalue weighted by molar-refractivity contribution is -0.140.